The first-order valence-corrected chi connectivity index (χ1v) is 6.99. The first-order chi connectivity index (χ1) is 7.82. The molecule has 0 fully saturated rings. The van der Waals surface area contributed by atoms with Crippen LogP contribution in [0, 0.1) is 13.8 Å². The fourth-order valence-corrected chi connectivity index (χ4v) is 2.38. The van der Waals surface area contributed by atoms with Gasteiger partial charge in [-0.15, -0.1) is 0 Å². The van der Waals surface area contributed by atoms with E-state index in [9.17, 15) is 8.42 Å². The van der Waals surface area contributed by atoms with Crippen LogP contribution in [0.3, 0.4) is 0 Å². The molecule has 96 valence electrons. The standard InChI is InChI=1S/C12H18O4S/c1-9(2)16-17(13,14)8-15-12-10(3)6-5-7-11(12)4/h5-7,9H,8H2,1-4H3. The minimum atomic E-state index is -3.63. The Hall–Kier alpha value is -1.07. The van der Waals surface area contributed by atoms with Crippen molar-refractivity contribution >= 4 is 10.1 Å². The van der Waals surface area contributed by atoms with Crippen molar-refractivity contribution in [1.82, 2.24) is 0 Å². The Kier molecular flexibility index (Phi) is 4.54. The number of para-hydroxylation sites is 1. The van der Waals surface area contributed by atoms with E-state index >= 15 is 0 Å². The van der Waals surface area contributed by atoms with Crippen molar-refractivity contribution in [3.8, 4) is 5.75 Å². The molecule has 0 spiro atoms. The van der Waals surface area contributed by atoms with Gasteiger partial charge in [-0.1, -0.05) is 18.2 Å². The average Bonchev–Trinajstić information content (AvgIpc) is 2.14. The molecule has 0 aliphatic rings. The molecule has 17 heavy (non-hydrogen) atoms. The number of benzene rings is 1. The lowest BCUT2D eigenvalue weighted by atomic mass is 10.1. The van der Waals surface area contributed by atoms with Gasteiger partial charge < -0.3 is 4.74 Å². The van der Waals surface area contributed by atoms with Gasteiger partial charge in [0.25, 0.3) is 0 Å². The van der Waals surface area contributed by atoms with E-state index < -0.39 is 16.1 Å². The Morgan fingerprint density at radius 1 is 1.18 bits per heavy atom. The first-order valence-electron chi connectivity index (χ1n) is 5.42. The van der Waals surface area contributed by atoms with Crippen LogP contribution in [-0.4, -0.2) is 20.5 Å². The normalized spacial score (nSPS) is 11.8. The highest BCUT2D eigenvalue weighted by molar-refractivity contribution is 7.86. The minimum Gasteiger partial charge on any atom is -0.475 e. The largest absolute Gasteiger partial charge is 0.475 e. The van der Waals surface area contributed by atoms with Gasteiger partial charge in [-0.25, -0.2) is 0 Å². The van der Waals surface area contributed by atoms with Crippen molar-refractivity contribution in [1.29, 1.82) is 0 Å². The summed E-state index contributed by atoms with van der Waals surface area (Å²) in [7, 11) is -3.63. The van der Waals surface area contributed by atoms with E-state index in [1.807, 2.05) is 32.0 Å². The molecule has 1 rings (SSSR count). The summed E-state index contributed by atoms with van der Waals surface area (Å²) in [4.78, 5) is 0. The van der Waals surface area contributed by atoms with E-state index in [0.717, 1.165) is 11.1 Å². The molecule has 0 aromatic heterocycles. The summed E-state index contributed by atoms with van der Waals surface area (Å²) in [6, 6.07) is 5.65. The first kappa shape index (κ1) is 14.0. The van der Waals surface area contributed by atoms with E-state index in [2.05, 4.69) is 0 Å². The van der Waals surface area contributed by atoms with Crippen LogP contribution >= 0.6 is 0 Å². The van der Waals surface area contributed by atoms with Crippen LogP contribution in [0.4, 0.5) is 0 Å². The van der Waals surface area contributed by atoms with Crippen LogP contribution in [0.5, 0.6) is 5.75 Å². The summed E-state index contributed by atoms with van der Waals surface area (Å²) >= 11 is 0. The Morgan fingerprint density at radius 3 is 2.18 bits per heavy atom. The molecule has 0 atom stereocenters. The third-order valence-corrected chi connectivity index (χ3v) is 3.18. The highest BCUT2D eigenvalue weighted by atomic mass is 32.2. The number of hydrogen-bond acceptors (Lipinski definition) is 4. The smallest absolute Gasteiger partial charge is 0.303 e. The monoisotopic (exact) mass is 258 g/mol. The number of aryl methyl sites for hydroxylation is 2. The minimum absolute atomic E-state index is 0.374. The number of ether oxygens (including phenoxy) is 1. The second-order valence-corrected chi connectivity index (χ2v) is 5.73. The summed E-state index contributed by atoms with van der Waals surface area (Å²) < 4.78 is 33.1. The molecule has 1 aromatic rings. The van der Waals surface area contributed by atoms with Crippen LogP contribution < -0.4 is 4.74 Å². The lowest BCUT2D eigenvalue weighted by Gasteiger charge is -2.13. The highest BCUT2D eigenvalue weighted by Crippen LogP contribution is 2.22. The Morgan fingerprint density at radius 2 is 1.71 bits per heavy atom. The predicted molar refractivity (Wildman–Crippen MR) is 66.6 cm³/mol. The predicted octanol–water partition coefficient (Wildman–Crippen LogP) is 2.39. The molecule has 0 bridgehead atoms. The van der Waals surface area contributed by atoms with Crippen molar-refractivity contribution in [2.45, 2.75) is 33.8 Å². The molecule has 0 aliphatic carbocycles. The van der Waals surface area contributed by atoms with Gasteiger partial charge in [-0.3, -0.25) is 4.18 Å². The topological polar surface area (TPSA) is 52.6 Å². The van der Waals surface area contributed by atoms with Gasteiger partial charge in [0.05, 0.1) is 6.10 Å². The van der Waals surface area contributed by atoms with Gasteiger partial charge in [-0.05, 0) is 38.8 Å². The quantitative estimate of drug-likeness (QED) is 0.761. The molecule has 0 radical (unpaired) electrons. The Bertz CT molecular complexity index is 457. The average molecular weight is 258 g/mol. The lowest BCUT2D eigenvalue weighted by Crippen LogP contribution is -2.19. The van der Waals surface area contributed by atoms with Gasteiger partial charge in [0, 0.05) is 0 Å². The summed E-state index contributed by atoms with van der Waals surface area (Å²) in [5.41, 5.74) is 1.81. The van der Waals surface area contributed by atoms with Crippen LogP contribution in [0.1, 0.15) is 25.0 Å². The molecule has 4 nitrogen and oxygen atoms in total. The SMILES string of the molecule is Cc1cccc(C)c1OCS(=O)(=O)OC(C)C. The summed E-state index contributed by atoms with van der Waals surface area (Å²) in [5, 5.41) is 0. The zero-order valence-corrected chi connectivity index (χ0v) is 11.4. The van der Waals surface area contributed by atoms with Gasteiger partial charge in [0.15, 0.2) is 0 Å². The molecule has 0 saturated heterocycles. The van der Waals surface area contributed by atoms with Crippen LogP contribution in [0.15, 0.2) is 18.2 Å². The van der Waals surface area contributed by atoms with Gasteiger partial charge in [0.2, 0.25) is 5.94 Å². The maximum absolute atomic E-state index is 11.5. The maximum Gasteiger partial charge on any atom is 0.303 e. The van der Waals surface area contributed by atoms with E-state index in [1.54, 1.807) is 13.8 Å². The maximum atomic E-state index is 11.5. The van der Waals surface area contributed by atoms with E-state index in [1.165, 1.54) is 0 Å². The van der Waals surface area contributed by atoms with Crippen LogP contribution in [0.2, 0.25) is 0 Å². The molecule has 1 aromatic carbocycles. The lowest BCUT2D eigenvalue weighted by molar-refractivity contribution is 0.232. The van der Waals surface area contributed by atoms with Gasteiger partial charge in [-0.2, -0.15) is 8.42 Å². The van der Waals surface area contributed by atoms with Crippen molar-refractivity contribution < 1.29 is 17.3 Å². The third kappa shape index (κ3) is 4.36. The molecular weight excluding hydrogens is 240 g/mol. The molecule has 0 heterocycles. The fourth-order valence-electron chi connectivity index (χ4n) is 1.48. The third-order valence-electron chi connectivity index (χ3n) is 2.10. The highest BCUT2D eigenvalue weighted by Gasteiger charge is 2.15. The van der Waals surface area contributed by atoms with E-state index in [4.69, 9.17) is 8.92 Å². The fraction of sp³-hybridized carbons (Fsp3) is 0.500. The van der Waals surface area contributed by atoms with Crippen molar-refractivity contribution in [2.75, 3.05) is 5.94 Å². The number of rotatable bonds is 5. The van der Waals surface area contributed by atoms with E-state index in [-0.39, 0.29) is 6.10 Å². The number of hydrogen-bond donors (Lipinski definition) is 0. The van der Waals surface area contributed by atoms with Gasteiger partial charge in [0.1, 0.15) is 5.75 Å². The molecular formula is C12H18O4S. The van der Waals surface area contributed by atoms with Crippen molar-refractivity contribution in [3.05, 3.63) is 29.3 Å². The summed E-state index contributed by atoms with van der Waals surface area (Å²) in [6.07, 6.45) is -0.374. The van der Waals surface area contributed by atoms with Crippen molar-refractivity contribution in [2.24, 2.45) is 0 Å². The molecule has 5 heteroatoms. The van der Waals surface area contributed by atoms with E-state index in [0.29, 0.717) is 5.75 Å². The molecule has 0 N–H and O–H groups in total. The second-order valence-electron chi connectivity index (χ2n) is 4.19. The van der Waals surface area contributed by atoms with Crippen LogP contribution in [0.25, 0.3) is 0 Å². The summed E-state index contributed by atoms with van der Waals surface area (Å²) in [5.74, 6) is 0.139. The van der Waals surface area contributed by atoms with Crippen LogP contribution in [-0.2, 0) is 14.3 Å². The Balaban J connectivity index is 2.74. The van der Waals surface area contributed by atoms with Crippen molar-refractivity contribution in [3.63, 3.8) is 0 Å². The Labute approximate surface area is 103 Å². The molecule has 0 aliphatic heterocycles. The zero-order chi connectivity index (χ0) is 13.1. The summed E-state index contributed by atoms with van der Waals surface area (Å²) in [6.45, 7) is 7.07. The zero-order valence-electron chi connectivity index (χ0n) is 10.6. The second kappa shape index (κ2) is 5.51. The molecule has 0 amide bonds. The molecule has 0 unspecified atom stereocenters. The molecule has 0 saturated carbocycles. The van der Waals surface area contributed by atoms with Gasteiger partial charge >= 0.3 is 10.1 Å².